The van der Waals surface area contributed by atoms with Gasteiger partial charge in [-0.25, -0.2) is 4.68 Å². The first-order valence-corrected chi connectivity index (χ1v) is 5.82. The molecule has 0 saturated heterocycles. The molecule has 0 unspecified atom stereocenters. The first-order valence-electron chi connectivity index (χ1n) is 5.82. The summed E-state index contributed by atoms with van der Waals surface area (Å²) in [7, 11) is 3.75. The Bertz CT molecular complexity index is 502. The highest BCUT2D eigenvalue weighted by Gasteiger charge is 2.05. The van der Waals surface area contributed by atoms with Crippen molar-refractivity contribution in [3.05, 3.63) is 41.2 Å². The molecule has 0 aliphatic heterocycles. The van der Waals surface area contributed by atoms with Gasteiger partial charge in [-0.3, -0.25) is 0 Å². The number of aromatic nitrogens is 3. The molecule has 0 spiro atoms. The third-order valence-electron chi connectivity index (χ3n) is 2.75. The van der Waals surface area contributed by atoms with Crippen LogP contribution in [-0.4, -0.2) is 21.8 Å². The van der Waals surface area contributed by atoms with Gasteiger partial charge in [0, 0.05) is 20.5 Å². The van der Waals surface area contributed by atoms with Gasteiger partial charge >= 0.3 is 0 Å². The first-order chi connectivity index (χ1) is 8.19. The number of nitrogens with one attached hydrogen (secondary N) is 1. The zero-order valence-corrected chi connectivity index (χ0v) is 10.6. The van der Waals surface area contributed by atoms with Gasteiger partial charge in [0.05, 0.1) is 0 Å². The Labute approximate surface area is 102 Å². The summed E-state index contributed by atoms with van der Waals surface area (Å²) in [5.41, 5.74) is 2.64. The molecule has 4 heteroatoms. The van der Waals surface area contributed by atoms with Crippen molar-refractivity contribution in [3.63, 3.8) is 0 Å². The van der Waals surface area contributed by atoms with Gasteiger partial charge in [-0.05, 0) is 18.9 Å². The molecule has 0 saturated carbocycles. The van der Waals surface area contributed by atoms with Crippen molar-refractivity contribution in [3.8, 4) is 0 Å². The summed E-state index contributed by atoms with van der Waals surface area (Å²) in [6.07, 6.45) is 1.85. The normalized spacial score (nSPS) is 10.5. The van der Waals surface area contributed by atoms with Crippen LogP contribution < -0.4 is 5.32 Å². The van der Waals surface area contributed by atoms with E-state index >= 15 is 0 Å². The maximum Gasteiger partial charge on any atom is 0.220 e. The first kappa shape index (κ1) is 11.6. The molecule has 2 aromatic rings. The molecule has 0 amide bonds. The van der Waals surface area contributed by atoms with Crippen molar-refractivity contribution >= 4 is 5.95 Å². The van der Waals surface area contributed by atoms with Gasteiger partial charge in [0.25, 0.3) is 0 Å². The van der Waals surface area contributed by atoms with E-state index in [2.05, 4.69) is 46.6 Å². The number of hydrogen-bond donors (Lipinski definition) is 1. The number of anilines is 1. The van der Waals surface area contributed by atoms with Crippen LogP contribution in [0.3, 0.4) is 0 Å². The Morgan fingerprint density at radius 1 is 1.29 bits per heavy atom. The van der Waals surface area contributed by atoms with E-state index in [1.807, 2.05) is 14.1 Å². The van der Waals surface area contributed by atoms with Gasteiger partial charge in [0.1, 0.15) is 0 Å². The van der Waals surface area contributed by atoms with Gasteiger partial charge < -0.3 is 5.32 Å². The number of aryl methyl sites for hydroxylation is 4. The van der Waals surface area contributed by atoms with Crippen molar-refractivity contribution in [1.82, 2.24) is 14.8 Å². The average Bonchev–Trinajstić information content (AvgIpc) is 2.67. The van der Waals surface area contributed by atoms with Crippen LogP contribution in [0.2, 0.25) is 0 Å². The van der Waals surface area contributed by atoms with Crippen molar-refractivity contribution < 1.29 is 0 Å². The fourth-order valence-corrected chi connectivity index (χ4v) is 1.88. The fraction of sp³-hybridized carbons (Fsp3) is 0.385. The lowest BCUT2D eigenvalue weighted by atomic mass is 10.1. The predicted molar refractivity (Wildman–Crippen MR) is 69.1 cm³/mol. The van der Waals surface area contributed by atoms with E-state index < -0.39 is 0 Å². The van der Waals surface area contributed by atoms with Crippen LogP contribution in [0.4, 0.5) is 5.95 Å². The number of rotatable bonds is 4. The Balaban J connectivity index is 2.02. The van der Waals surface area contributed by atoms with E-state index in [1.54, 1.807) is 4.68 Å². The summed E-state index contributed by atoms with van der Waals surface area (Å²) in [5.74, 6) is 1.70. The molecule has 90 valence electrons. The zero-order chi connectivity index (χ0) is 12.3. The molecule has 0 bridgehead atoms. The second-order valence-corrected chi connectivity index (χ2v) is 4.21. The number of nitrogens with zero attached hydrogens (tertiary/aromatic N) is 3. The third-order valence-corrected chi connectivity index (χ3v) is 2.75. The minimum Gasteiger partial charge on any atom is -0.358 e. The smallest absolute Gasteiger partial charge is 0.220 e. The maximum atomic E-state index is 4.41. The van der Waals surface area contributed by atoms with Gasteiger partial charge in [-0.2, -0.15) is 10.1 Å². The minimum absolute atomic E-state index is 0.809. The Morgan fingerprint density at radius 3 is 2.76 bits per heavy atom. The molecule has 0 radical (unpaired) electrons. The lowest BCUT2D eigenvalue weighted by molar-refractivity contribution is 0.741. The second-order valence-electron chi connectivity index (χ2n) is 4.21. The van der Waals surface area contributed by atoms with E-state index in [0.29, 0.717) is 0 Å². The number of hydrogen-bond acceptors (Lipinski definition) is 3. The molecular formula is C13H18N4. The van der Waals surface area contributed by atoms with Crippen molar-refractivity contribution in [2.45, 2.75) is 19.8 Å². The summed E-state index contributed by atoms with van der Waals surface area (Å²) in [6.45, 7) is 2.11. The molecule has 0 fully saturated rings. The van der Waals surface area contributed by atoms with Crippen molar-refractivity contribution in [2.24, 2.45) is 7.05 Å². The van der Waals surface area contributed by atoms with E-state index in [1.165, 1.54) is 11.1 Å². The van der Waals surface area contributed by atoms with E-state index in [0.717, 1.165) is 24.6 Å². The predicted octanol–water partition coefficient (Wildman–Crippen LogP) is 1.95. The highest BCUT2D eigenvalue weighted by molar-refractivity contribution is 5.25. The van der Waals surface area contributed by atoms with Crippen LogP contribution >= 0.6 is 0 Å². The molecule has 0 aliphatic carbocycles. The van der Waals surface area contributed by atoms with E-state index in [-0.39, 0.29) is 0 Å². The maximum absolute atomic E-state index is 4.41. The highest BCUT2D eigenvalue weighted by atomic mass is 15.4. The van der Waals surface area contributed by atoms with E-state index in [9.17, 15) is 0 Å². The highest BCUT2D eigenvalue weighted by Crippen LogP contribution is 2.08. The Kier molecular flexibility index (Phi) is 3.42. The SMILES string of the molecule is CNc1nc(CCc2cccc(C)c2)nn1C. The quantitative estimate of drug-likeness (QED) is 0.873. The van der Waals surface area contributed by atoms with Gasteiger partial charge in [-0.1, -0.05) is 29.8 Å². The molecule has 4 nitrogen and oxygen atoms in total. The second kappa shape index (κ2) is 4.99. The molecule has 0 atom stereocenters. The standard InChI is InChI=1S/C13H18N4/c1-10-5-4-6-11(9-10)7-8-12-15-13(14-2)17(3)16-12/h4-6,9H,7-8H2,1-3H3,(H,14,15,16). The van der Waals surface area contributed by atoms with Gasteiger partial charge in [-0.15, -0.1) is 0 Å². The molecule has 1 aromatic heterocycles. The lowest BCUT2D eigenvalue weighted by Crippen LogP contribution is -1.99. The molecule has 2 rings (SSSR count). The monoisotopic (exact) mass is 230 g/mol. The summed E-state index contributed by atoms with van der Waals surface area (Å²) in [6, 6.07) is 8.56. The van der Waals surface area contributed by atoms with Crippen molar-refractivity contribution in [1.29, 1.82) is 0 Å². The Morgan fingerprint density at radius 2 is 2.12 bits per heavy atom. The summed E-state index contributed by atoms with van der Waals surface area (Å²) in [4.78, 5) is 4.41. The van der Waals surface area contributed by atoms with Crippen molar-refractivity contribution in [2.75, 3.05) is 12.4 Å². The van der Waals surface area contributed by atoms with Crippen LogP contribution in [0, 0.1) is 6.92 Å². The molecule has 0 aliphatic rings. The molecular weight excluding hydrogens is 212 g/mol. The summed E-state index contributed by atoms with van der Waals surface area (Å²) < 4.78 is 1.77. The van der Waals surface area contributed by atoms with Gasteiger partial charge in [0.15, 0.2) is 5.82 Å². The molecule has 1 heterocycles. The zero-order valence-electron chi connectivity index (χ0n) is 10.6. The molecule has 17 heavy (non-hydrogen) atoms. The summed E-state index contributed by atoms with van der Waals surface area (Å²) >= 11 is 0. The molecule has 1 N–H and O–H groups in total. The van der Waals surface area contributed by atoms with E-state index in [4.69, 9.17) is 0 Å². The fourth-order valence-electron chi connectivity index (χ4n) is 1.88. The Hall–Kier alpha value is -1.84. The van der Waals surface area contributed by atoms with Crippen LogP contribution in [0.25, 0.3) is 0 Å². The van der Waals surface area contributed by atoms with Crippen LogP contribution in [0.1, 0.15) is 17.0 Å². The van der Waals surface area contributed by atoms with Crippen LogP contribution in [-0.2, 0) is 19.9 Å². The topological polar surface area (TPSA) is 42.7 Å². The molecule has 1 aromatic carbocycles. The van der Waals surface area contributed by atoms with Crippen LogP contribution in [0.15, 0.2) is 24.3 Å². The lowest BCUT2D eigenvalue weighted by Gasteiger charge is -1.99. The third kappa shape index (κ3) is 2.84. The van der Waals surface area contributed by atoms with Gasteiger partial charge in [0.2, 0.25) is 5.95 Å². The average molecular weight is 230 g/mol. The largest absolute Gasteiger partial charge is 0.358 e. The summed E-state index contributed by atoms with van der Waals surface area (Å²) in [5, 5.41) is 7.37. The number of benzene rings is 1. The minimum atomic E-state index is 0.809. The van der Waals surface area contributed by atoms with Crippen LogP contribution in [0.5, 0.6) is 0 Å².